The molecule has 3 aromatic rings. The SMILES string of the molecule is CC1(C)CN(C(=O)Nc2ccccc2)[C@@]2(S1)C(=O)N(Cc1ccccc1)c1ccccc12. The van der Waals surface area contributed by atoms with E-state index in [4.69, 9.17) is 0 Å². The van der Waals surface area contributed by atoms with Crippen LogP contribution in [0.2, 0.25) is 0 Å². The van der Waals surface area contributed by atoms with Gasteiger partial charge in [-0.1, -0.05) is 66.7 Å². The summed E-state index contributed by atoms with van der Waals surface area (Å²) in [5, 5.41) is 2.99. The number of urea groups is 1. The fourth-order valence-corrected chi connectivity index (χ4v) is 6.32. The molecule has 5 nitrogen and oxygen atoms in total. The van der Waals surface area contributed by atoms with Gasteiger partial charge in [0.2, 0.25) is 0 Å². The standard InChI is InChI=1S/C26H25N3O2S/c1-25(2)18-29(24(31)27-20-13-7-4-8-14-20)26(32-25)21-15-9-10-16-22(21)28(23(26)30)17-19-11-5-3-6-12-19/h3-16H,17-18H2,1-2H3,(H,27,31)/t26-/m0/s1. The maximum atomic E-state index is 14.1. The number of hydrogen-bond donors (Lipinski definition) is 1. The van der Waals surface area contributed by atoms with Gasteiger partial charge in [0.25, 0.3) is 5.91 Å². The highest BCUT2D eigenvalue weighted by atomic mass is 32.2. The summed E-state index contributed by atoms with van der Waals surface area (Å²) in [5.41, 5.74) is 3.50. The van der Waals surface area contributed by atoms with Gasteiger partial charge >= 0.3 is 6.03 Å². The lowest BCUT2D eigenvalue weighted by Gasteiger charge is -2.33. The Balaban J connectivity index is 1.57. The molecule has 0 aliphatic carbocycles. The van der Waals surface area contributed by atoms with Crippen molar-refractivity contribution < 1.29 is 9.59 Å². The molecule has 0 bridgehead atoms. The summed E-state index contributed by atoms with van der Waals surface area (Å²) in [4.78, 5) is 30.1. The number of carbonyl (C=O) groups is 2. The van der Waals surface area contributed by atoms with Gasteiger partial charge in [-0.3, -0.25) is 9.69 Å². The topological polar surface area (TPSA) is 52.7 Å². The quantitative estimate of drug-likeness (QED) is 0.586. The van der Waals surface area contributed by atoms with Crippen LogP contribution in [0.1, 0.15) is 25.0 Å². The Hall–Kier alpha value is -3.25. The number of amides is 3. The zero-order chi connectivity index (χ0) is 22.3. The van der Waals surface area contributed by atoms with Gasteiger partial charge in [0.15, 0.2) is 4.87 Å². The van der Waals surface area contributed by atoms with E-state index in [1.165, 1.54) is 0 Å². The van der Waals surface area contributed by atoms with Crippen LogP contribution in [0.5, 0.6) is 0 Å². The molecule has 2 aliphatic rings. The van der Waals surface area contributed by atoms with Crippen LogP contribution in [-0.4, -0.2) is 28.1 Å². The van der Waals surface area contributed by atoms with Crippen LogP contribution in [0, 0.1) is 0 Å². The van der Waals surface area contributed by atoms with Crippen molar-refractivity contribution in [1.82, 2.24) is 4.90 Å². The number of anilines is 2. The zero-order valence-electron chi connectivity index (χ0n) is 18.1. The van der Waals surface area contributed by atoms with Gasteiger partial charge in [-0.2, -0.15) is 0 Å². The minimum atomic E-state index is -1.09. The molecule has 1 fully saturated rings. The molecule has 162 valence electrons. The summed E-state index contributed by atoms with van der Waals surface area (Å²) in [5.74, 6) is -0.0682. The van der Waals surface area contributed by atoms with Crippen LogP contribution in [0.3, 0.4) is 0 Å². The van der Waals surface area contributed by atoms with Crippen LogP contribution < -0.4 is 10.2 Å². The predicted octanol–water partition coefficient (Wildman–Crippen LogP) is 5.45. The molecule has 0 unspecified atom stereocenters. The van der Waals surface area contributed by atoms with Crippen molar-refractivity contribution in [3.63, 3.8) is 0 Å². The monoisotopic (exact) mass is 443 g/mol. The number of nitrogens with one attached hydrogen (secondary N) is 1. The number of carbonyl (C=O) groups excluding carboxylic acids is 2. The molecule has 32 heavy (non-hydrogen) atoms. The second-order valence-electron chi connectivity index (χ2n) is 8.78. The third kappa shape index (κ3) is 3.35. The molecule has 1 atom stereocenters. The largest absolute Gasteiger partial charge is 0.323 e. The Morgan fingerprint density at radius 3 is 2.28 bits per heavy atom. The fraction of sp³-hybridized carbons (Fsp3) is 0.231. The first-order valence-electron chi connectivity index (χ1n) is 10.7. The lowest BCUT2D eigenvalue weighted by molar-refractivity contribution is -0.123. The van der Waals surface area contributed by atoms with Crippen molar-refractivity contribution in [2.75, 3.05) is 16.8 Å². The molecule has 6 heteroatoms. The lowest BCUT2D eigenvalue weighted by Crippen LogP contribution is -2.51. The number of benzene rings is 3. The van der Waals surface area contributed by atoms with E-state index < -0.39 is 4.87 Å². The molecule has 0 radical (unpaired) electrons. The Morgan fingerprint density at radius 2 is 1.56 bits per heavy atom. The Morgan fingerprint density at radius 1 is 0.938 bits per heavy atom. The molecule has 3 aromatic carbocycles. The minimum Gasteiger partial charge on any atom is -0.308 e. The first kappa shape index (κ1) is 20.6. The van der Waals surface area contributed by atoms with E-state index in [1.807, 2.05) is 89.8 Å². The maximum Gasteiger partial charge on any atom is 0.323 e. The number of para-hydroxylation sites is 2. The molecule has 1 saturated heterocycles. The molecule has 1 spiro atoms. The van der Waals surface area contributed by atoms with Crippen molar-refractivity contribution in [2.45, 2.75) is 30.0 Å². The number of hydrogen-bond acceptors (Lipinski definition) is 3. The third-order valence-electron chi connectivity index (χ3n) is 5.89. The normalized spacial score (nSPS) is 21.1. The molecule has 5 rings (SSSR count). The molecule has 1 N–H and O–H groups in total. The number of nitrogens with zero attached hydrogens (tertiary/aromatic N) is 2. The van der Waals surface area contributed by atoms with Crippen LogP contribution in [0.15, 0.2) is 84.9 Å². The second-order valence-corrected chi connectivity index (χ2v) is 10.7. The zero-order valence-corrected chi connectivity index (χ0v) is 18.9. The average molecular weight is 444 g/mol. The van der Waals surface area contributed by atoms with Gasteiger partial charge in [0.05, 0.1) is 12.2 Å². The van der Waals surface area contributed by atoms with E-state index in [0.717, 1.165) is 16.8 Å². The Bertz CT molecular complexity index is 1170. The van der Waals surface area contributed by atoms with Crippen LogP contribution in [0.25, 0.3) is 0 Å². The van der Waals surface area contributed by atoms with Gasteiger partial charge in [0.1, 0.15) is 0 Å². The van der Waals surface area contributed by atoms with E-state index in [2.05, 4.69) is 19.2 Å². The van der Waals surface area contributed by atoms with Crippen LogP contribution in [-0.2, 0) is 16.2 Å². The van der Waals surface area contributed by atoms with Crippen molar-refractivity contribution >= 4 is 35.1 Å². The van der Waals surface area contributed by atoms with Crippen molar-refractivity contribution in [3.05, 3.63) is 96.1 Å². The number of rotatable bonds is 3. The van der Waals surface area contributed by atoms with E-state index >= 15 is 0 Å². The van der Waals surface area contributed by atoms with E-state index in [9.17, 15) is 9.59 Å². The number of fused-ring (bicyclic) bond motifs is 2. The summed E-state index contributed by atoms with van der Waals surface area (Å²) in [7, 11) is 0. The summed E-state index contributed by atoms with van der Waals surface area (Å²) >= 11 is 1.56. The first-order chi connectivity index (χ1) is 15.4. The molecule has 2 aliphatic heterocycles. The van der Waals surface area contributed by atoms with Gasteiger partial charge in [0, 0.05) is 22.5 Å². The Labute approximate surface area is 192 Å². The second kappa shape index (κ2) is 7.71. The fourth-order valence-electron chi connectivity index (χ4n) is 4.59. The van der Waals surface area contributed by atoms with Crippen molar-refractivity contribution in [3.8, 4) is 0 Å². The average Bonchev–Trinajstić information content (AvgIpc) is 3.22. The molecule has 0 saturated carbocycles. The molecular formula is C26H25N3O2S. The van der Waals surface area contributed by atoms with Crippen molar-refractivity contribution in [1.29, 1.82) is 0 Å². The highest BCUT2D eigenvalue weighted by Crippen LogP contribution is 2.59. The molecule has 3 amide bonds. The highest BCUT2D eigenvalue weighted by molar-refractivity contribution is 8.02. The summed E-state index contributed by atoms with van der Waals surface area (Å²) in [6, 6.07) is 26.9. The smallest absolute Gasteiger partial charge is 0.308 e. The van der Waals surface area contributed by atoms with E-state index in [0.29, 0.717) is 18.8 Å². The summed E-state index contributed by atoms with van der Waals surface area (Å²) in [6.07, 6.45) is 0. The first-order valence-corrected chi connectivity index (χ1v) is 11.5. The van der Waals surface area contributed by atoms with Gasteiger partial charge in [-0.15, -0.1) is 11.8 Å². The molecule has 0 aromatic heterocycles. The number of thioether (sulfide) groups is 1. The highest BCUT2D eigenvalue weighted by Gasteiger charge is 2.63. The van der Waals surface area contributed by atoms with Crippen LogP contribution in [0.4, 0.5) is 16.2 Å². The van der Waals surface area contributed by atoms with Gasteiger partial charge < -0.3 is 10.2 Å². The summed E-state index contributed by atoms with van der Waals surface area (Å²) < 4.78 is -0.278. The van der Waals surface area contributed by atoms with Crippen LogP contribution >= 0.6 is 11.8 Å². The van der Waals surface area contributed by atoms with Gasteiger partial charge in [-0.05, 0) is 37.6 Å². The Kier molecular flexibility index (Phi) is 4.97. The minimum absolute atomic E-state index is 0.0682. The predicted molar refractivity (Wildman–Crippen MR) is 130 cm³/mol. The summed E-state index contributed by atoms with van der Waals surface area (Å²) in [6.45, 7) is 5.11. The lowest BCUT2D eigenvalue weighted by atomic mass is 10.1. The molecule has 2 heterocycles. The molecular weight excluding hydrogens is 418 g/mol. The van der Waals surface area contributed by atoms with Gasteiger partial charge in [-0.25, -0.2) is 4.79 Å². The van der Waals surface area contributed by atoms with E-state index in [-0.39, 0.29) is 16.7 Å². The maximum absolute atomic E-state index is 14.1. The third-order valence-corrected chi connectivity index (χ3v) is 7.48. The van der Waals surface area contributed by atoms with Crippen molar-refractivity contribution in [2.24, 2.45) is 0 Å². The van der Waals surface area contributed by atoms with E-state index in [1.54, 1.807) is 16.7 Å².